The van der Waals surface area contributed by atoms with Gasteiger partial charge in [-0.25, -0.2) is 13.8 Å². The lowest BCUT2D eigenvalue weighted by molar-refractivity contribution is -0.183. The van der Waals surface area contributed by atoms with E-state index >= 15 is 0 Å². The first-order chi connectivity index (χ1) is 15.5. The first-order valence-corrected chi connectivity index (χ1v) is 11.3. The summed E-state index contributed by atoms with van der Waals surface area (Å²) < 4.78 is 29.3. The average Bonchev–Trinajstić information content (AvgIpc) is 3.41. The zero-order valence-corrected chi connectivity index (χ0v) is 18.1. The molecule has 1 aromatic heterocycles. The number of aryl methyl sites for hydroxylation is 1. The second-order valence-electron chi connectivity index (χ2n) is 9.09. The highest BCUT2D eigenvalue weighted by molar-refractivity contribution is 5.79. The van der Waals surface area contributed by atoms with E-state index in [4.69, 9.17) is 4.84 Å². The third-order valence-electron chi connectivity index (χ3n) is 6.93. The quantitative estimate of drug-likeness (QED) is 0.568. The highest BCUT2D eigenvalue weighted by Crippen LogP contribution is 2.37. The monoisotopic (exact) mass is 439 g/mol. The van der Waals surface area contributed by atoms with Crippen LogP contribution in [0.2, 0.25) is 0 Å². The van der Waals surface area contributed by atoms with Crippen molar-refractivity contribution in [3.05, 3.63) is 65.4 Å². The Hall–Kier alpha value is -2.80. The molecule has 1 aliphatic carbocycles. The molecule has 32 heavy (non-hydrogen) atoms. The van der Waals surface area contributed by atoms with E-state index in [1.165, 1.54) is 22.8 Å². The van der Waals surface area contributed by atoms with Gasteiger partial charge in [-0.2, -0.15) is 5.10 Å². The van der Waals surface area contributed by atoms with E-state index in [1.807, 2.05) is 17.9 Å². The Balaban J connectivity index is 1.21. The van der Waals surface area contributed by atoms with E-state index in [1.54, 1.807) is 0 Å². The third-order valence-corrected chi connectivity index (χ3v) is 6.93. The van der Waals surface area contributed by atoms with E-state index in [-0.39, 0.29) is 11.8 Å². The molecule has 1 saturated heterocycles. The summed E-state index contributed by atoms with van der Waals surface area (Å²) in [4.78, 5) is 18.8. The zero-order chi connectivity index (χ0) is 22.2. The van der Waals surface area contributed by atoms with Gasteiger partial charge >= 0.3 is 0 Å². The molecule has 0 N–H and O–H groups in total. The van der Waals surface area contributed by atoms with Crippen molar-refractivity contribution in [3.8, 4) is 0 Å². The first kappa shape index (κ1) is 21.1. The van der Waals surface area contributed by atoms with Crippen LogP contribution in [0, 0.1) is 23.5 Å². The summed E-state index contributed by atoms with van der Waals surface area (Å²) in [6.45, 7) is 0.375. The molecule has 0 radical (unpaired) electrons. The predicted octanol–water partition coefficient (Wildman–Crippen LogP) is 5.11. The summed E-state index contributed by atoms with van der Waals surface area (Å²) in [7, 11) is 1.95. The van der Waals surface area contributed by atoms with Crippen LogP contribution in [0.5, 0.6) is 0 Å². The van der Waals surface area contributed by atoms with Crippen LogP contribution in [0.1, 0.15) is 49.3 Å². The lowest BCUT2D eigenvalue weighted by Crippen LogP contribution is -2.36. The number of hydrogen-bond acceptors (Lipinski definition) is 3. The van der Waals surface area contributed by atoms with Gasteiger partial charge in [-0.05, 0) is 67.3 Å². The molecular weight excluding hydrogens is 412 g/mol. The van der Waals surface area contributed by atoms with E-state index in [2.05, 4.69) is 23.3 Å². The second kappa shape index (κ2) is 8.62. The van der Waals surface area contributed by atoms with Gasteiger partial charge < -0.3 is 0 Å². The Morgan fingerprint density at radius 1 is 1.06 bits per heavy atom. The molecule has 168 valence electrons. The minimum Gasteiger partial charge on any atom is -0.272 e. The summed E-state index contributed by atoms with van der Waals surface area (Å²) >= 11 is 0. The summed E-state index contributed by atoms with van der Waals surface area (Å²) in [5, 5.41) is 6.82. The topological polar surface area (TPSA) is 47.4 Å². The molecule has 7 heteroatoms. The Bertz CT molecular complexity index is 1120. The molecule has 3 aromatic rings. The Labute approximate surface area is 185 Å². The maximum Gasteiger partial charge on any atom is 0.249 e. The van der Waals surface area contributed by atoms with Crippen molar-refractivity contribution in [1.29, 1.82) is 0 Å². The number of halogens is 2. The van der Waals surface area contributed by atoms with Gasteiger partial charge in [-0.1, -0.05) is 12.1 Å². The molecule has 1 saturated carbocycles. The molecule has 1 amide bonds. The molecule has 2 heterocycles. The summed E-state index contributed by atoms with van der Waals surface area (Å²) in [5.41, 5.74) is 2.89. The van der Waals surface area contributed by atoms with E-state index in [9.17, 15) is 13.6 Å². The molecule has 1 aliphatic heterocycles. The highest BCUT2D eigenvalue weighted by Gasteiger charge is 2.37. The van der Waals surface area contributed by atoms with Gasteiger partial charge in [-0.15, -0.1) is 0 Å². The molecule has 5 nitrogen and oxygen atoms in total. The van der Waals surface area contributed by atoms with Crippen LogP contribution < -0.4 is 0 Å². The van der Waals surface area contributed by atoms with Crippen LogP contribution in [0.15, 0.2) is 42.6 Å². The Morgan fingerprint density at radius 3 is 2.56 bits per heavy atom. The van der Waals surface area contributed by atoms with Crippen LogP contribution in [-0.2, 0) is 23.1 Å². The summed E-state index contributed by atoms with van der Waals surface area (Å²) in [5.74, 6) is -0.901. The van der Waals surface area contributed by atoms with Crippen molar-refractivity contribution in [2.24, 2.45) is 18.9 Å². The van der Waals surface area contributed by atoms with Crippen molar-refractivity contribution in [3.63, 3.8) is 0 Å². The van der Waals surface area contributed by atoms with Crippen molar-refractivity contribution in [2.45, 2.75) is 44.6 Å². The molecule has 0 bridgehead atoms. The predicted molar refractivity (Wildman–Crippen MR) is 116 cm³/mol. The summed E-state index contributed by atoms with van der Waals surface area (Å²) in [6.07, 6.45) is 6.98. The van der Waals surface area contributed by atoms with E-state index < -0.39 is 17.7 Å². The number of hydrogen-bond donors (Lipinski definition) is 0. The van der Waals surface area contributed by atoms with E-state index in [0.29, 0.717) is 24.5 Å². The van der Waals surface area contributed by atoms with Crippen molar-refractivity contribution >= 4 is 16.8 Å². The maximum atomic E-state index is 13.7. The van der Waals surface area contributed by atoms with Gasteiger partial charge in [0.1, 0.15) is 11.6 Å². The van der Waals surface area contributed by atoms with Gasteiger partial charge in [0.2, 0.25) is 5.91 Å². The van der Waals surface area contributed by atoms with Crippen LogP contribution in [0.3, 0.4) is 0 Å². The van der Waals surface area contributed by atoms with Gasteiger partial charge in [0.15, 0.2) is 0 Å². The normalized spacial score (nSPS) is 23.7. The first-order valence-electron chi connectivity index (χ1n) is 11.3. The molecule has 2 fully saturated rings. The van der Waals surface area contributed by atoms with Gasteiger partial charge in [0.05, 0.1) is 24.4 Å². The smallest absolute Gasteiger partial charge is 0.249 e. The van der Waals surface area contributed by atoms with Crippen LogP contribution in [0.4, 0.5) is 8.78 Å². The highest BCUT2D eigenvalue weighted by atomic mass is 19.1. The van der Waals surface area contributed by atoms with Gasteiger partial charge in [0, 0.05) is 30.8 Å². The number of nitrogens with zero attached hydrogens (tertiary/aromatic N) is 3. The Kier molecular flexibility index (Phi) is 5.67. The minimum atomic E-state index is -0.635. The van der Waals surface area contributed by atoms with Crippen LogP contribution in [-0.4, -0.2) is 27.4 Å². The number of amides is 1. The number of benzene rings is 2. The molecule has 0 unspecified atom stereocenters. The average molecular weight is 440 g/mol. The van der Waals surface area contributed by atoms with Crippen molar-refractivity contribution < 1.29 is 18.4 Å². The van der Waals surface area contributed by atoms with E-state index in [0.717, 1.165) is 49.1 Å². The minimum absolute atomic E-state index is 0.0630. The van der Waals surface area contributed by atoms with Crippen molar-refractivity contribution in [1.82, 2.24) is 14.8 Å². The molecule has 0 spiro atoms. The number of fused-ring (bicyclic) bond motifs is 1. The van der Waals surface area contributed by atoms with Crippen molar-refractivity contribution in [2.75, 3.05) is 6.61 Å². The number of carbonyl (C=O) groups excluding carboxylic acids is 1. The fourth-order valence-electron chi connectivity index (χ4n) is 5.20. The lowest BCUT2D eigenvalue weighted by atomic mass is 9.78. The molecule has 2 aromatic carbocycles. The SMILES string of the molecule is Cn1ncc2ccc(C[C@H]3CC[C@H](C(=O)N4OCC[C@H]4c4cc(F)cc(F)c4)CC3)cc21. The summed E-state index contributed by atoms with van der Waals surface area (Å²) in [6, 6.07) is 9.49. The second-order valence-corrected chi connectivity index (χ2v) is 9.09. The number of aromatic nitrogens is 2. The lowest BCUT2D eigenvalue weighted by Gasteiger charge is -2.32. The number of carbonyl (C=O) groups is 1. The largest absolute Gasteiger partial charge is 0.272 e. The molecular formula is C25H27F2N3O2. The standard InChI is InChI=1S/C25H27F2N3O2/c1-29-24-11-17(4-7-19(24)15-28-29)10-16-2-5-18(6-3-16)25(31)30-23(8-9-32-30)20-12-21(26)14-22(27)13-20/h4,7,11-16,18,23H,2-3,5-6,8-10H2,1H3/t16-,18-,23-/m0/s1. The van der Waals surface area contributed by atoms with Crippen LogP contribution >= 0.6 is 0 Å². The fraction of sp³-hybridized carbons (Fsp3) is 0.440. The van der Waals surface area contributed by atoms with Gasteiger partial charge in [0.25, 0.3) is 0 Å². The van der Waals surface area contributed by atoms with Crippen LogP contribution in [0.25, 0.3) is 10.9 Å². The maximum absolute atomic E-state index is 13.7. The zero-order valence-electron chi connectivity index (χ0n) is 18.1. The fourth-order valence-corrected chi connectivity index (χ4v) is 5.20. The number of hydroxylamine groups is 2. The number of rotatable bonds is 4. The third kappa shape index (κ3) is 4.13. The molecule has 5 rings (SSSR count). The van der Waals surface area contributed by atoms with Gasteiger partial charge in [-0.3, -0.25) is 14.3 Å². The molecule has 1 atom stereocenters. The molecule has 2 aliphatic rings. The Morgan fingerprint density at radius 2 is 1.81 bits per heavy atom.